The van der Waals surface area contributed by atoms with Gasteiger partial charge in [-0.25, -0.2) is 0 Å². The minimum atomic E-state index is -0.171. The van der Waals surface area contributed by atoms with Crippen molar-refractivity contribution in [3.63, 3.8) is 0 Å². The fourth-order valence-electron chi connectivity index (χ4n) is 2.39. The monoisotopic (exact) mass is 306 g/mol. The number of carbonyl (C=O) groups excluding carboxylic acids is 1. The van der Waals surface area contributed by atoms with Crippen LogP contribution >= 0.6 is 23.2 Å². The predicted molar refractivity (Wildman–Crippen MR) is 83.2 cm³/mol. The Morgan fingerprint density at radius 2 is 1.95 bits per heavy atom. The Balaban J connectivity index is 2.16. The number of amides is 1. The van der Waals surface area contributed by atoms with E-state index in [4.69, 9.17) is 23.2 Å². The second kappa shape index (κ2) is 4.69. The smallest absolute Gasteiger partial charge is 0.256 e. The molecule has 1 aromatic carbocycles. The average Bonchev–Trinajstić information content (AvgIpc) is 2.87. The van der Waals surface area contributed by atoms with E-state index in [2.05, 4.69) is 10.3 Å². The number of fused-ring (bicyclic) bond motifs is 1. The summed E-state index contributed by atoms with van der Waals surface area (Å²) < 4.78 is 0. The van der Waals surface area contributed by atoms with E-state index in [0.717, 1.165) is 22.5 Å². The lowest BCUT2D eigenvalue weighted by molar-refractivity contribution is -0.110. The lowest BCUT2D eigenvalue weighted by atomic mass is 10.1. The molecule has 1 aliphatic rings. The number of aromatic amines is 1. The SMILES string of the molecule is Cc1cc(C)c(/C=C2\C(=O)Nc3c2ccc(Cl)c3Cl)[nH]1. The van der Waals surface area contributed by atoms with Gasteiger partial charge in [0.1, 0.15) is 0 Å². The van der Waals surface area contributed by atoms with Crippen molar-refractivity contribution in [1.29, 1.82) is 0 Å². The van der Waals surface area contributed by atoms with Crippen LogP contribution in [-0.2, 0) is 4.79 Å². The highest BCUT2D eigenvalue weighted by Crippen LogP contribution is 2.41. The van der Waals surface area contributed by atoms with Crippen molar-refractivity contribution >= 4 is 46.4 Å². The Morgan fingerprint density at radius 3 is 2.60 bits per heavy atom. The molecule has 0 atom stereocenters. The zero-order valence-corrected chi connectivity index (χ0v) is 12.5. The lowest BCUT2D eigenvalue weighted by Gasteiger charge is -2.02. The number of benzene rings is 1. The molecule has 0 saturated heterocycles. The highest BCUT2D eigenvalue weighted by atomic mass is 35.5. The van der Waals surface area contributed by atoms with Crippen LogP contribution in [0.15, 0.2) is 18.2 Å². The molecule has 0 fully saturated rings. The molecule has 2 aromatic rings. The highest BCUT2D eigenvalue weighted by Gasteiger charge is 2.27. The van der Waals surface area contributed by atoms with Crippen LogP contribution in [0.1, 0.15) is 22.5 Å². The van der Waals surface area contributed by atoms with Crippen molar-refractivity contribution in [2.24, 2.45) is 0 Å². The topological polar surface area (TPSA) is 44.9 Å². The maximum absolute atomic E-state index is 12.1. The van der Waals surface area contributed by atoms with Gasteiger partial charge in [0.15, 0.2) is 0 Å². The van der Waals surface area contributed by atoms with Gasteiger partial charge in [0.2, 0.25) is 0 Å². The number of rotatable bonds is 1. The molecular formula is C15H12Cl2N2O. The van der Waals surface area contributed by atoms with Gasteiger partial charge < -0.3 is 10.3 Å². The molecule has 0 radical (unpaired) electrons. The molecule has 0 unspecified atom stereocenters. The molecule has 0 spiro atoms. The first-order valence-electron chi connectivity index (χ1n) is 6.15. The summed E-state index contributed by atoms with van der Waals surface area (Å²) >= 11 is 12.1. The third kappa shape index (κ3) is 2.03. The highest BCUT2D eigenvalue weighted by molar-refractivity contribution is 6.47. The first-order chi connectivity index (χ1) is 9.47. The second-order valence-electron chi connectivity index (χ2n) is 4.85. The minimum Gasteiger partial charge on any atom is -0.359 e. The molecule has 3 rings (SSSR count). The summed E-state index contributed by atoms with van der Waals surface area (Å²) in [5.41, 5.74) is 5.01. The molecule has 0 aliphatic carbocycles. The fourth-order valence-corrected chi connectivity index (χ4v) is 2.76. The van der Waals surface area contributed by atoms with Crippen molar-refractivity contribution in [1.82, 2.24) is 4.98 Å². The third-order valence-corrected chi connectivity index (χ3v) is 4.15. The number of aromatic nitrogens is 1. The van der Waals surface area contributed by atoms with Crippen LogP contribution < -0.4 is 5.32 Å². The molecule has 2 N–H and O–H groups in total. The van der Waals surface area contributed by atoms with Crippen molar-refractivity contribution in [2.45, 2.75) is 13.8 Å². The third-order valence-electron chi connectivity index (χ3n) is 3.35. The quantitative estimate of drug-likeness (QED) is 0.752. The molecule has 1 aliphatic heterocycles. The standard InChI is InChI=1S/C15H12Cl2N2O/c1-7-5-8(2)18-12(7)6-10-9-3-4-11(16)13(17)14(9)19-15(10)20/h3-6,18H,1-2H3,(H,19,20)/b10-6-. The van der Waals surface area contributed by atoms with E-state index >= 15 is 0 Å². The van der Waals surface area contributed by atoms with E-state index in [9.17, 15) is 4.79 Å². The van der Waals surface area contributed by atoms with Crippen LogP contribution in [-0.4, -0.2) is 10.9 Å². The molecule has 102 valence electrons. The molecule has 3 nitrogen and oxygen atoms in total. The van der Waals surface area contributed by atoms with Gasteiger partial charge in [-0.15, -0.1) is 0 Å². The van der Waals surface area contributed by atoms with Crippen LogP contribution in [0.4, 0.5) is 5.69 Å². The normalized spacial score (nSPS) is 15.6. The molecule has 20 heavy (non-hydrogen) atoms. The van der Waals surface area contributed by atoms with Gasteiger partial charge in [0, 0.05) is 17.0 Å². The Morgan fingerprint density at radius 1 is 1.20 bits per heavy atom. The van der Waals surface area contributed by atoms with Crippen molar-refractivity contribution in [2.75, 3.05) is 5.32 Å². The largest absolute Gasteiger partial charge is 0.359 e. The number of anilines is 1. The number of nitrogens with one attached hydrogen (secondary N) is 2. The van der Waals surface area contributed by atoms with E-state index in [1.807, 2.05) is 26.0 Å². The van der Waals surface area contributed by atoms with Gasteiger partial charge >= 0.3 is 0 Å². The van der Waals surface area contributed by atoms with E-state index in [1.54, 1.807) is 12.1 Å². The summed E-state index contributed by atoms with van der Waals surface area (Å²) in [7, 11) is 0. The van der Waals surface area contributed by atoms with E-state index in [0.29, 0.717) is 21.3 Å². The molecular weight excluding hydrogens is 295 g/mol. The molecule has 1 amide bonds. The van der Waals surface area contributed by atoms with Gasteiger partial charge in [-0.3, -0.25) is 4.79 Å². The summed E-state index contributed by atoms with van der Waals surface area (Å²) in [5, 5.41) is 3.57. The number of hydrogen-bond acceptors (Lipinski definition) is 1. The maximum atomic E-state index is 12.1. The number of aryl methyl sites for hydroxylation is 2. The fraction of sp³-hybridized carbons (Fsp3) is 0.133. The predicted octanol–water partition coefficient (Wildman–Crippen LogP) is 4.43. The molecule has 0 bridgehead atoms. The van der Waals surface area contributed by atoms with Crippen LogP contribution in [0.25, 0.3) is 11.6 Å². The zero-order valence-electron chi connectivity index (χ0n) is 11.0. The van der Waals surface area contributed by atoms with E-state index in [-0.39, 0.29) is 5.91 Å². The Labute approximate surface area is 126 Å². The van der Waals surface area contributed by atoms with E-state index < -0.39 is 0 Å². The van der Waals surface area contributed by atoms with Gasteiger partial charge in [-0.2, -0.15) is 0 Å². The van der Waals surface area contributed by atoms with Gasteiger partial charge in [-0.1, -0.05) is 29.3 Å². The maximum Gasteiger partial charge on any atom is 0.256 e. The molecule has 2 heterocycles. The number of H-pyrrole nitrogens is 1. The van der Waals surface area contributed by atoms with Gasteiger partial charge in [-0.05, 0) is 37.6 Å². The Hall–Kier alpha value is -1.71. The second-order valence-corrected chi connectivity index (χ2v) is 5.63. The van der Waals surface area contributed by atoms with E-state index in [1.165, 1.54) is 0 Å². The first kappa shape index (κ1) is 13.3. The van der Waals surface area contributed by atoms with Crippen molar-refractivity contribution in [3.8, 4) is 0 Å². The van der Waals surface area contributed by atoms with Gasteiger partial charge in [0.25, 0.3) is 5.91 Å². The number of halogens is 2. The Kier molecular flexibility index (Phi) is 3.11. The lowest BCUT2D eigenvalue weighted by Crippen LogP contribution is -2.04. The summed E-state index contributed by atoms with van der Waals surface area (Å²) in [6.45, 7) is 3.98. The first-order valence-corrected chi connectivity index (χ1v) is 6.90. The molecule has 0 saturated carbocycles. The van der Waals surface area contributed by atoms with Crippen LogP contribution in [0.5, 0.6) is 0 Å². The summed E-state index contributed by atoms with van der Waals surface area (Å²) in [5.74, 6) is -0.171. The van der Waals surface area contributed by atoms with Crippen LogP contribution in [0, 0.1) is 13.8 Å². The summed E-state index contributed by atoms with van der Waals surface area (Å²) in [6.07, 6.45) is 1.84. The Bertz CT molecular complexity index is 759. The molecule has 1 aromatic heterocycles. The number of hydrogen-bond donors (Lipinski definition) is 2. The average molecular weight is 307 g/mol. The van der Waals surface area contributed by atoms with Crippen LogP contribution in [0.2, 0.25) is 10.0 Å². The summed E-state index contributed by atoms with van der Waals surface area (Å²) in [4.78, 5) is 15.4. The van der Waals surface area contributed by atoms with Crippen LogP contribution in [0.3, 0.4) is 0 Å². The zero-order chi connectivity index (χ0) is 14.4. The minimum absolute atomic E-state index is 0.171. The van der Waals surface area contributed by atoms with Crippen molar-refractivity contribution in [3.05, 3.63) is 50.8 Å². The van der Waals surface area contributed by atoms with Gasteiger partial charge in [0.05, 0.1) is 21.3 Å². The van der Waals surface area contributed by atoms with Crippen molar-refractivity contribution < 1.29 is 4.79 Å². The molecule has 5 heteroatoms. The number of carbonyl (C=O) groups is 1. The summed E-state index contributed by atoms with van der Waals surface area (Å²) in [6, 6.07) is 5.54.